The van der Waals surface area contributed by atoms with Crippen molar-refractivity contribution in [3.05, 3.63) is 94.3 Å². The molecule has 0 fully saturated rings. The second-order valence-electron chi connectivity index (χ2n) is 7.75. The molecule has 0 saturated heterocycles. The average molecular weight is 443 g/mol. The number of carbonyl (C=O) groups is 2. The van der Waals surface area contributed by atoms with Crippen LogP contribution in [0.5, 0.6) is 0 Å². The largest absolute Gasteiger partial charge is 0.347 e. The van der Waals surface area contributed by atoms with E-state index in [2.05, 4.69) is 10.4 Å². The molecule has 2 aromatic carbocycles. The molecule has 2 amide bonds. The first kappa shape index (κ1) is 20.2. The lowest BCUT2D eigenvalue weighted by molar-refractivity contribution is -0.122. The van der Waals surface area contributed by atoms with E-state index in [1.807, 2.05) is 89.7 Å². The van der Waals surface area contributed by atoms with Gasteiger partial charge in [-0.15, -0.1) is 11.3 Å². The van der Waals surface area contributed by atoms with Crippen LogP contribution in [0.1, 0.15) is 33.9 Å². The van der Waals surface area contributed by atoms with Crippen LogP contribution in [0.15, 0.2) is 83.3 Å². The minimum absolute atomic E-state index is 0.131. The fourth-order valence-electron chi connectivity index (χ4n) is 3.98. The van der Waals surface area contributed by atoms with Crippen molar-refractivity contribution < 1.29 is 9.59 Å². The molecular weight excluding hydrogens is 420 g/mol. The van der Waals surface area contributed by atoms with Gasteiger partial charge in [-0.25, -0.2) is 5.01 Å². The zero-order valence-electron chi connectivity index (χ0n) is 17.6. The van der Waals surface area contributed by atoms with Gasteiger partial charge in [0, 0.05) is 15.8 Å². The number of hydrogen-bond donors (Lipinski definition) is 1. The normalized spacial score (nSPS) is 14.6. The molecule has 160 valence electrons. The predicted octanol–water partition coefficient (Wildman–Crippen LogP) is 4.44. The van der Waals surface area contributed by atoms with Crippen molar-refractivity contribution in [2.75, 3.05) is 6.54 Å². The van der Waals surface area contributed by atoms with E-state index in [-0.39, 0.29) is 24.4 Å². The van der Waals surface area contributed by atoms with Gasteiger partial charge in [0.05, 0.1) is 18.3 Å². The zero-order chi connectivity index (χ0) is 22.1. The molecule has 6 nitrogen and oxygen atoms in total. The van der Waals surface area contributed by atoms with Crippen molar-refractivity contribution in [2.24, 2.45) is 5.10 Å². The lowest BCUT2D eigenvalue weighted by Gasteiger charge is -2.18. The van der Waals surface area contributed by atoms with Crippen LogP contribution < -0.4 is 5.32 Å². The maximum absolute atomic E-state index is 13.5. The molecule has 0 saturated carbocycles. The summed E-state index contributed by atoms with van der Waals surface area (Å²) in [4.78, 5) is 27.3. The fraction of sp³-hybridized carbons (Fsp3) is 0.160. The summed E-state index contributed by atoms with van der Waals surface area (Å²) in [6, 6.07) is 23.4. The number of nitrogens with zero attached hydrogens (tertiary/aromatic N) is 3. The highest BCUT2D eigenvalue weighted by atomic mass is 32.1. The molecule has 1 N–H and O–H groups in total. The topological polar surface area (TPSA) is 66.7 Å². The Morgan fingerprint density at radius 3 is 2.66 bits per heavy atom. The summed E-state index contributed by atoms with van der Waals surface area (Å²) in [5, 5.41) is 11.9. The van der Waals surface area contributed by atoms with Gasteiger partial charge < -0.3 is 9.88 Å². The summed E-state index contributed by atoms with van der Waals surface area (Å²) in [5.41, 5.74) is 3.15. The van der Waals surface area contributed by atoms with Crippen LogP contribution in [0.2, 0.25) is 0 Å². The highest BCUT2D eigenvalue weighted by Crippen LogP contribution is 2.25. The number of hydrazone groups is 1. The van der Waals surface area contributed by atoms with Crippen LogP contribution in [0.25, 0.3) is 10.9 Å². The fourth-order valence-corrected chi connectivity index (χ4v) is 4.72. The zero-order valence-corrected chi connectivity index (χ0v) is 18.4. The number of amides is 2. The number of nitrogens with one attached hydrogen (secondary N) is 1. The number of para-hydroxylation sites is 1. The Morgan fingerprint density at radius 1 is 1.09 bits per heavy atom. The Labute approximate surface area is 189 Å². The van der Waals surface area contributed by atoms with Gasteiger partial charge in [-0.3, -0.25) is 9.59 Å². The number of rotatable bonds is 5. The van der Waals surface area contributed by atoms with Crippen LogP contribution in [0, 0.1) is 0 Å². The maximum atomic E-state index is 13.5. The summed E-state index contributed by atoms with van der Waals surface area (Å²) in [7, 11) is 0. The van der Waals surface area contributed by atoms with Crippen LogP contribution >= 0.6 is 11.3 Å². The smallest absolute Gasteiger partial charge is 0.291 e. The quantitative estimate of drug-likeness (QED) is 0.497. The standard InChI is InChI=1S/C25H22N4O2S/c1-17(23-12-7-13-32-23)26-24(30)16-29-25(31)22-14-19-10-5-6-11-21(19)28(22)15-20(27-29)18-8-3-2-4-9-18/h2-14,17H,15-16H2,1H3,(H,26,30). The number of hydrogen-bond acceptors (Lipinski definition) is 4. The Hall–Kier alpha value is -3.71. The summed E-state index contributed by atoms with van der Waals surface area (Å²) >= 11 is 1.59. The van der Waals surface area contributed by atoms with E-state index in [1.54, 1.807) is 11.3 Å². The van der Waals surface area contributed by atoms with Gasteiger partial charge in [0.1, 0.15) is 12.2 Å². The molecular formula is C25H22N4O2S. The first-order valence-corrected chi connectivity index (χ1v) is 11.3. The monoisotopic (exact) mass is 442 g/mol. The van der Waals surface area contributed by atoms with Gasteiger partial charge in [-0.05, 0) is 36.1 Å². The van der Waals surface area contributed by atoms with E-state index in [4.69, 9.17) is 0 Å². The minimum Gasteiger partial charge on any atom is -0.347 e. The molecule has 3 heterocycles. The lowest BCUT2D eigenvalue weighted by atomic mass is 10.1. The number of carbonyl (C=O) groups excluding carboxylic acids is 2. The second kappa shape index (κ2) is 8.43. The third-order valence-electron chi connectivity index (χ3n) is 5.56. The van der Waals surface area contributed by atoms with Crippen LogP contribution in [-0.2, 0) is 11.3 Å². The minimum atomic E-state index is -0.286. The van der Waals surface area contributed by atoms with Crippen molar-refractivity contribution >= 4 is 39.8 Å². The summed E-state index contributed by atoms with van der Waals surface area (Å²) < 4.78 is 1.98. The van der Waals surface area contributed by atoms with Gasteiger partial charge >= 0.3 is 0 Å². The van der Waals surface area contributed by atoms with E-state index in [0.717, 1.165) is 27.1 Å². The van der Waals surface area contributed by atoms with Crippen LogP contribution in [-0.4, -0.2) is 33.6 Å². The van der Waals surface area contributed by atoms with E-state index in [1.165, 1.54) is 5.01 Å². The predicted molar refractivity (Wildman–Crippen MR) is 127 cm³/mol. The van der Waals surface area contributed by atoms with Crippen LogP contribution in [0.4, 0.5) is 0 Å². The molecule has 1 aliphatic rings. The van der Waals surface area contributed by atoms with Crippen molar-refractivity contribution in [3.8, 4) is 0 Å². The van der Waals surface area contributed by atoms with Gasteiger partial charge in [0.15, 0.2) is 0 Å². The Bertz CT molecular complexity index is 1310. The van der Waals surface area contributed by atoms with Gasteiger partial charge in [-0.1, -0.05) is 54.6 Å². The molecule has 2 aromatic heterocycles. The summed E-state index contributed by atoms with van der Waals surface area (Å²) in [6.45, 7) is 2.24. The maximum Gasteiger partial charge on any atom is 0.291 e. The average Bonchev–Trinajstić information content (AvgIpc) is 3.44. The molecule has 5 rings (SSSR count). The number of fused-ring (bicyclic) bond motifs is 3. The molecule has 32 heavy (non-hydrogen) atoms. The highest BCUT2D eigenvalue weighted by molar-refractivity contribution is 7.10. The Balaban J connectivity index is 1.50. The van der Waals surface area contributed by atoms with E-state index in [0.29, 0.717) is 12.2 Å². The lowest BCUT2D eigenvalue weighted by Crippen LogP contribution is -2.39. The highest BCUT2D eigenvalue weighted by Gasteiger charge is 2.28. The number of thiophene rings is 1. The van der Waals surface area contributed by atoms with E-state index < -0.39 is 0 Å². The van der Waals surface area contributed by atoms with Crippen molar-refractivity contribution in [1.82, 2.24) is 14.9 Å². The summed E-state index contributed by atoms with van der Waals surface area (Å²) in [5.74, 6) is -0.536. The van der Waals surface area contributed by atoms with E-state index in [9.17, 15) is 9.59 Å². The van der Waals surface area contributed by atoms with Crippen LogP contribution in [0.3, 0.4) is 0 Å². The Kier molecular flexibility index (Phi) is 5.33. The molecule has 0 spiro atoms. The molecule has 4 aromatic rings. The molecule has 1 aliphatic heterocycles. The van der Waals surface area contributed by atoms with Gasteiger partial charge in [-0.2, -0.15) is 5.10 Å². The molecule has 0 radical (unpaired) electrons. The molecule has 0 aliphatic carbocycles. The van der Waals surface area contributed by atoms with Crippen molar-refractivity contribution in [3.63, 3.8) is 0 Å². The SMILES string of the molecule is CC(NC(=O)CN1N=C(c2ccccc2)Cn2c(cc3ccccc32)C1=O)c1cccs1. The third-order valence-corrected chi connectivity index (χ3v) is 6.62. The van der Waals surface area contributed by atoms with E-state index >= 15 is 0 Å². The molecule has 0 bridgehead atoms. The second-order valence-corrected chi connectivity index (χ2v) is 8.73. The van der Waals surface area contributed by atoms with Gasteiger partial charge in [0.25, 0.3) is 5.91 Å². The number of benzene rings is 2. The third kappa shape index (κ3) is 3.83. The van der Waals surface area contributed by atoms with Crippen molar-refractivity contribution in [2.45, 2.75) is 19.5 Å². The number of aromatic nitrogens is 1. The molecule has 1 unspecified atom stereocenters. The first-order valence-electron chi connectivity index (χ1n) is 10.5. The summed E-state index contributed by atoms with van der Waals surface area (Å²) in [6.07, 6.45) is 0. The van der Waals surface area contributed by atoms with Crippen molar-refractivity contribution in [1.29, 1.82) is 0 Å². The molecule has 1 atom stereocenters. The Morgan fingerprint density at radius 2 is 1.88 bits per heavy atom. The molecule has 7 heteroatoms. The van der Waals surface area contributed by atoms with Gasteiger partial charge in [0.2, 0.25) is 5.91 Å². The first-order chi connectivity index (χ1) is 15.6.